The van der Waals surface area contributed by atoms with Gasteiger partial charge < -0.3 is 10.1 Å². The Labute approximate surface area is 182 Å². The van der Waals surface area contributed by atoms with Crippen LogP contribution in [0.3, 0.4) is 0 Å². The molecule has 1 saturated carbocycles. The van der Waals surface area contributed by atoms with Crippen molar-refractivity contribution in [2.24, 2.45) is 0 Å². The summed E-state index contributed by atoms with van der Waals surface area (Å²) >= 11 is 0. The van der Waals surface area contributed by atoms with Gasteiger partial charge in [0.05, 0.1) is 22.8 Å². The molecule has 162 valence electrons. The predicted octanol–water partition coefficient (Wildman–Crippen LogP) is 3.36. The van der Waals surface area contributed by atoms with Gasteiger partial charge in [0, 0.05) is 6.54 Å². The van der Waals surface area contributed by atoms with Crippen molar-refractivity contribution >= 4 is 17.7 Å². The maximum absolute atomic E-state index is 13.0. The molecule has 4 rings (SSSR count). The summed E-state index contributed by atoms with van der Waals surface area (Å²) in [4.78, 5) is 40.3. The second-order valence-electron chi connectivity index (χ2n) is 9.29. The van der Waals surface area contributed by atoms with Gasteiger partial charge in [-0.2, -0.15) is 0 Å². The SMILES string of the molecule is CC(C)(C)OC1(C(=O)NCC(Cc2ccccc2)N2C(=O)c3ccccc3C2=O)CC1. The van der Waals surface area contributed by atoms with Gasteiger partial charge in [-0.15, -0.1) is 0 Å². The van der Waals surface area contributed by atoms with Gasteiger partial charge in [-0.1, -0.05) is 42.5 Å². The van der Waals surface area contributed by atoms with Crippen molar-refractivity contribution in [1.82, 2.24) is 10.2 Å². The number of nitrogens with one attached hydrogen (secondary N) is 1. The molecule has 0 saturated heterocycles. The number of rotatable bonds is 7. The number of hydrogen-bond donors (Lipinski definition) is 1. The van der Waals surface area contributed by atoms with Crippen molar-refractivity contribution in [3.05, 3.63) is 71.3 Å². The first kappa shape index (κ1) is 21.2. The molecule has 1 atom stereocenters. The summed E-state index contributed by atoms with van der Waals surface area (Å²) in [7, 11) is 0. The summed E-state index contributed by atoms with van der Waals surface area (Å²) in [5.41, 5.74) is 0.570. The van der Waals surface area contributed by atoms with E-state index >= 15 is 0 Å². The zero-order valence-electron chi connectivity index (χ0n) is 18.2. The van der Waals surface area contributed by atoms with Crippen LogP contribution >= 0.6 is 0 Å². The molecule has 2 aromatic rings. The van der Waals surface area contributed by atoms with E-state index in [0.717, 1.165) is 5.56 Å². The van der Waals surface area contributed by atoms with Crippen molar-refractivity contribution in [2.75, 3.05) is 6.54 Å². The molecule has 1 heterocycles. The Bertz CT molecular complexity index is 971. The van der Waals surface area contributed by atoms with Crippen LogP contribution in [0.5, 0.6) is 0 Å². The zero-order chi connectivity index (χ0) is 22.2. The van der Waals surface area contributed by atoms with Crippen molar-refractivity contribution in [1.29, 1.82) is 0 Å². The number of carbonyl (C=O) groups excluding carboxylic acids is 3. The molecule has 1 unspecified atom stereocenters. The van der Waals surface area contributed by atoms with Gasteiger partial charge in [-0.05, 0) is 57.7 Å². The number of carbonyl (C=O) groups is 3. The van der Waals surface area contributed by atoms with Gasteiger partial charge in [0.15, 0.2) is 0 Å². The molecule has 2 aliphatic rings. The Morgan fingerprint density at radius 1 is 1.00 bits per heavy atom. The van der Waals surface area contributed by atoms with E-state index in [0.29, 0.717) is 30.4 Å². The number of benzene rings is 2. The van der Waals surface area contributed by atoms with Gasteiger partial charge in [-0.25, -0.2) is 0 Å². The number of amides is 3. The minimum Gasteiger partial charge on any atom is -0.360 e. The molecular weight excluding hydrogens is 392 g/mol. The third-order valence-corrected chi connectivity index (χ3v) is 5.62. The lowest BCUT2D eigenvalue weighted by Crippen LogP contribution is -2.51. The van der Waals surface area contributed by atoms with Crippen LogP contribution in [0.4, 0.5) is 0 Å². The molecule has 1 N–H and O–H groups in total. The fourth-order valence-electron chi connectivity index (χ4n) is 4.13. The van der Waals surface area contributed by atoms with Crippen LogP contribution in [0.1, 0.15) is 59.9 Å². The van der Waals surface area contributed by atoms with Crippen molar-refractivity contribution in [2.45, 2.75) is 57.3 Å². The monoisotopic (exact) mass is 420 g/mol. The van der Waals surface area contributed by atoms with Gasteiger partial charge >= 0.3 is 0 Å². The first-order chi connectivity index (χ1) is 14.7. The third kappa shape index (κ3) is 4.39. The molecule has 0 bridgehead atoms. The predicted molar refractivity (Wildman–Crippen MR) is 117 cm³/mol. The Morgan fingerprint density at radius 3 is 2.06 bits per heavy atom. The normalized spacial score (nSPS) is 18.0. The molecule has 1 aliphatic carbocycles. The maximum Gasteiger partial charge on any atom is 0.261 e. The lowest BCUT2D eigenvalue weighted by Gasteiger charge is -2.29. The van der Waals surface area contributed by atoms with Crippen molar-refractivity contribution in [3.8, 4) is 0 Å². The minimum atomic E-state index is -0.808. The quantitative estimate of drug-likeness (QED) is 0.697. The van der Waals surface area contributed by atoms with E-state index in [1.54, 1.807) is 24.3 Å². The van der Waals surface area contributed by atoms with Gasteiger partial charge in [0.2, 0.25) is 0 Å². The maximum atomic E-state index is 13.0. The molecule has 31 heavy (non-hydrogen) atoms. The average molecular weight is 421 g/mol. The van der Waals surface area contributed by atoms with Crippen LogP contribution in [0.15, 0.2) is 54.6 Å². The van der Waals surface area contributed by atoms with Crippen molar-refractivity contribution in [3.63, 3.8) is 0 Å². The molecule has 0 aromatic heterocycles. The second-order valence-corrected chi connectivity index (χ2v) is 9.29. The summed E-state index contributed by atoms with van der Waals surface area (Å²) < 4.78 is 6.01. The molecule has 6 heteroatoms. The van der Waals surface area contributed by atoms with Crippen LogP contribution in [-0.2, 0) is 16.0 Å². The van der Waals surface area contributed by atoms with E-state index in [2.05, 4.69) is 5.32 Å². The van der Waals surface area contributed by atoms with Gasteiger partial charge in [0.1, 0.15) is 5.60 Å². The zero-order valence-corrected chi connectivity index (χ0v) is 18.2. The van der Waals surface area contributed by atoms with E-state index in [-0.39, 0.29) is 24.3 Å². The van der Waals surface area contributed by atoms with E-state index < -0.39 is 17.2 Å². The molecule has 1 aliphatic heterocycles. The molecule has 2 aromatic carbocycles. The third-order valence-electron chi connectivity index (χ3n) is 5.62. The molecule has 0 spiro atoms. The standard InChI is InChI=1S/C25H28N2O4/c1-24(2,3)31-25(13-14-25)23(30)26-16-18(15-17-9-5-4-6-10-17)27-21(28)19-11-7-8-12-20(19)22(27)29/h4-12,18H,13-16H2,1-3H3,(H,26,30). The van der Waals surface area contributed by atoms with Gasteiger partial charge in [-0.3, -0.25) is 19.3 Å². The van der Waals surface area contributed by atoms with Crippen LogP contribution in [0.25, 0.3) is 0 Å². The lowest BCUT2D eigenvalue weighted by molar-refractivity contribution is -0.147. The first-order valence-electron chi connectivity index (χ1n) is 10.7. The highest BCUT2D eigenvalue weighted by Gasteiger charge is 2.53. The van der Waals surface area contributed by atoms with Gasteiger partial charge in [0.25, 0.3) is 17.7 Å². The Balaban J connectivity index is 1.54. The molecule has 6 nitrogen and oxygen atoms in total. The number of ether oxygens (including phenoxy) is 1. The Morgan fingerprint density at radius 2 is 1.55 bits per heavy atom. The van der Waals surface area contributed by atoms with E-state index in [9.17, 15) is 14.4 Å². The van der Waals surface area contributed by atoms with Crippen molar-refractivity contribution < 1.29 is 19.1 Å². The average Bonchev–Trinajstić information content (AvgIpc) is 3.46. The highest BCUT2D eigenvalue weighted by Crippen LogP contribution is 2.42. The number of hydrogen-bond acceptors (Lipinski definition) is 4. The van der Waals surface area contributed by atoms with E-state index in [4.69, 9.17) is 4.74 Å². The highest BCUT2D eigenvalue weighted by molar-refractivity contribution is 6.21. The smallest absolute Gasteiger partial charge is 0.261 e. The van der Waals surface area contributed by atoms with Crippen LogP contribution in [0, 0.1) is 0 Å². The lowest BCUT2D eigenvalue weighted by atomic mass is 10.0. The molecule has 1 fully saturated rings. The van der Waals surface area contributed by atoms with Crippen LogP contribution < -0.4 is 5.32 Å². The van der Waals surface area contributed by atoms with Crippen LogP contribution in [-0.4, -0.2) is 46.4 Å². The molecular formula is C25H28N2O4. The molecule has 0 radical (unpaired) electrons. The fourth-order valence-corrected chi connectivity index (χ4v) is 4.13. The largest absolute Gasteiger partial charge is 0.360 e. The summed E-state index contributed by atoms with van der Waals surface area (Å²) in [5.74, 6) is -0.817. The Hall–Kier alpha value is -2.99. The first-order valence-corrected chi connectivity index (χ1v) is 10.7. The summed E-state index contributed by atoms with van der Waals surface area (Å²) in [6.07, 6.45) is 1.80. The van der Waals surface area contributed by atoms with E-state index in [1.807, 2.05) is 51.1 Å². The second kappa shape index (κ2) is 7.93. The highest BCUT2D eigenvalue weighted by atomic mass is 16.5. The number of imide groups is 1. The number of fused-ring (bicyclic) bond motifs is 1. The molecule has 3 amide bonds. The summed E-state index contributed by atoms with van der Waals surface area (Å²) in [6.45, 7) is 5.96. The number of nitrogens with zero attached hydrogens (tertiary/aromatic N) is 1. The topological polar surface area (TPSA) is 75.7 Å². The summed E-state index contributed by atoms with van der Waals surface area (Å²) in [5, 5.41) is 2.96. The van der Waals surface area contributed by atoms with E-state index in [1.165, 1.54) is 4.90 Å². The fraction of sp³-hybridized carbons (Fsp3) is 0.400. The van der Waals surface area contributed by atoms with Crippen LogP contribution in [0.2, 0.25) is 0 Å². The summed E-state index contributed by atoms with van der Waals surface area (Å²) in [6, 6.07) is 16.0. The minimum absolute atomic E-state index is 0.175. The Kier molecular flexibility index (Phi) is 5.43.